The monoisotopic (exact) mass is 426 g/mol. The maximum atomic E-state index is 13.1. The summed E-state index contributed by atoms with van der Waals surface area (Å²) in [6, 6.07) is 8.04. The second-order valence-corrected chi connectivity index (χ2v) is 9.97. The molecule has 2 atom stereocenters. The van der Waals surface area contributed by atoms with E-state index < -0.39 is 11.6 Å². The number of carbonyl (C=O) groups is 3. The van der Waals surface area contributed by atoms with Gasteiger partial charge in [-0.1, -0.05) is 44.0 Å². The molecule has 1 aromatic rings. The number of nitrogens with one attached hydrogen (secondary N) is 2. The first-order valence-corrected chi connectivity index (χ1v) is 11.5. The number of nitrogens with zero attached hydrogens (tertiary/aromatic N) is 2. The average molecular weight is 427 g/mol. The lowest BCUT2D eigenvalue weighted by Gasteiger charge is -2.41. The average Bonchev–Trinajstić information content (AvgIpc) is 2.99. The van der Waals surface area contributed by atoms with Gasteiger partial charge in [-0.25, -0.2) is 4.79 Å². The fourth-order valence-corrected chi connectivity index (χ4v) is 5.28. The predicted octanol–water partition coefficient (Wildman–Crippen LogP) is 2.44. The van der Waals surface area contributed by atoms with Gasteiger partial charge >= 0.3 is 6.03 Å². The Morgan fingerprint density at radius 3 is 2.71 bits per heavy atom. The van der Waals surface area contributed by atoms with E-state index in [0.29, 0.717) is 13.0 Å². The fourth-order valence-electron chi connectivity index (χ4n) is 5.28. The van der Waals surface area contributed by atoms with Crippen molar-refractivity contribution in [3.63, 3.8) is 0 Å². The minimum atomic E-state index is -0.823. The molecule has 2 N–H and O–H groups in total. The molecule has 31 heavy (non-hydrogen) atoms. The second-order valence-electron chi connectivity index (χ2n) is 9.97. The van der Waals surface area contributed by atoms with Crippen LogP contribution in [-0.2, 0) is 22.6 Å². The summed E-state index contributed by atoms with van der Waals surface area (Å²) in [5, 5.41) is 5.87. The Kier molecular flexibility index (Phi) is 5.81. The molecule has 3 aliphatic rings. The van der Waals surface area contributed by atoms with E-state index in [4.69, 9.17) is 0 Å². The molecular weight excluding hydrogens is 392 g/mol. The molecule has 1 aliphatic carbocycles. The minimum Gasteiger partial charge on any atom is -0.353 e. The van der Waals surface area contributed by atoms with Crippen molar-refractivity contribution in [2.45, 2.75) is 70.5 Å². The van der Waals surface area contributed by atoms with Gasteiger partial charge in [0.25, 0.3) is 5.91 Å². The van der Waals surface area contributed by atoms with E-state index in [1.165, 1.54) is 11.1 Å². The largest absolute Gasteiger partial charge is 0.353 e. The third-order valence-electron chi connectivity index (χ3n) is 7.51. The standard InChI is InChI=1S/C24H34N4O3/c1-17-8-6-7-12-24(17)21(30)28(22(31)26-24)15-20(29)25-16-23(2,3)27-13-11-18-9-4-5-10-19(18)14-27/h4-5,9-10,17H,6-8,11-16H2,1-3H3,(H,25,29)(H,26,31). The van der Waals surface area contributed by atoms with Gasteiger partial charge in [-0.05, 0) is 50.2 Å². The van der Waals surface area contributed by atoms with Crippen molar-refractivity contribution in [2.75, 3.05) is 19.6 Å². The van der Waals surface area contributed by atoms with Crippen LogP contribution in [0.2, 0.25) is 0 Å². The Balaban J connectivity index is 1.34. The number of fused-ring (bicyclic) bond motifs is 1. The van der Waals surface area contributed by atoms with Crippen LogP contribution in [0.1, 0.15) is 57.6 Å². The van der Waals surface area contributed by atoms with Gasteiger partial charge in [-0.3, -0.25) is 19.4 Å². The van der Waals surface area contributed by atoms with Crippen LogP contribution in [0.4, 0.5) is 4.79 Å². The van der Waals surface area contributed by atoms with Crippen LogP contribution in [-0.4, -0.2) is 58.4 Å². The van der Waals surface area contributed by atoms with E-state index >= 15 is 0 Å². The maximum absolute atomic E-state index is 13.1. The molecule has 2 fully saturated rings. The zero-order valence-corrected chi connectivity index (χ0v) is 18.9. The summed E-state index contributed by atoms with van der Waals surface area (Å²) in [5.41, 5.74) is 1.66. The molecule has 1 aromatic carbocycles. The first kappa shape index (κ1) is 21.8. The molecular formula is C24H34N4O3. The van der Waals surface area contributed by atoms with Crippen molar-refractivity contribution in [3.05, 3.63) is 35.4 Å². The van der Waals surface area contributed by atoms with E-state index in [2.05, 4.69) is 53.6 Å². The van der Waals surface area contributed by atoms with E-state index in [9.17, 15) is 14.4 Å². The van der Waals surface area contributed by atoms with Gasteiger partial charge in [0.05, 0.1) is 0 Å². The Bertz CT molecular complexity index is 883. The maximum Gasteiger partial charge on any atom is 0.325 e. The molecule has 168 valence electrons. The highest BCUT2D eigenvalue weighted by Crippen LogP contribution is 2.38. The van der Waals surface area contributed by atoms with Gasteiger partial charge in [0.15, 0.2) is 0 Å². The summed E-state index contributed by atoms with van der Waals surface area (Å²) < 4.78 is 0. The lowest BCUT2D eigenvalue weighted by atomic mass is 9.73. The highest BCUT2D eigenvalue weighted by molar-refractivity contribution is 6.09. The van der Waals surface area contributed by atoms with Crippen molar-refractivity contribution < 1.29 is 14.4 Å². The van der Waals surface area contributed by atoms with Crippen LogP contribution in [0.3, 0.4) is 0 Å². The quantitative estimate of drug-likeness (QED) is 0.709. The SMILES string of the molecule is CC1CCCCC12NC(=O)N(CC(=O)NCC(C)(C)N1CCc3ccccc3C1)C2=O. The summed E-state index contributed by atoms with van der Waals surface area (Å²) >= 11 is 0. The van der Waals surface area contributed by atoms with Crippen molar-refractivity contribution in [2.24, 2.45) is 5.92 Å². The summed E-state index contributed by atoms with van der Waals surface area (Å²) in [5.74, 6) is -0.451. The van der Waals surface area contributed by atoms with Crippen LogP contribution in [0.5, 0.6) is 0 Å². The summed E-state index contributed by atoms with van der Waals surface area (Å²) in [6.45, 7) is 8.28. The smallest absolute Gasteiger partial charge is 0.325 e. The topological polar surface area (TPSA) is 81.8 Å². The zero-order valence-electron chi connectivity index (χ0n) is 18.9. The van der Waals surface area contributed by atoms with Gasteiger partial charge in [0, 0.05) is 25.2 Å². The summed E-state index contributed by atoms with van der Waals surface area (Å²) in [4.78, 5) is 41.7. The van der Waals surface area contributed by atoms with Crippen molar-refractivity contribution in [3.8, 4) is 0 Å². The van der Waals surface area contributed by atoms with Gasteiger partial charge in [0.2, 0.25) is 5.91 Å². The van der Waals surface area contributed by atoms with Gasteiger partial charge in [0.1, 0.15) is 12.1 Å². The summed E-state index contributed by atoms with van der Waals surface area (Å²) in [6.07, 6.45) is 4.56. The lowest BCUT2D eigenvalue weighted by Crippen LogP contribution is -2.55. The van der Waals surface area contributed by atoms with Crippen LogP contribution < -0.4 is 10.6 Å². The van der Waals surface area contributed by atoms with Crippen molar-refractivity contribution in [1.82, 2.24) is 20.4 Å². The van der Waals surface area contributed by atoms with Crippen LogP contribution in [0, 0.1) is 5.92 Å². The number of amides is 4. The molecule has 1 saturated heterocycles. The molecule has 0 aromatic heterocycles. The van der Waals surface area contributed by atoms with E-state index in [-0.39, 0.29) is 29.8 Å². The molecule has 4 rings (SSSR count). The molecule has 2 aliphatic heterocycles. The van der Waals surface area contributed by atoms with Gasteiger partial charge in [-0.15, -0.1) is 0 Å². The van der Waals surface area contributed by atoms with Crippen LogP contribution in [0.15, 0.2) is 24.3 Å². The predicted molar refractivity (Wildman–Crippen MR) is 118 cm³/mol. The van der Waals surface area contributed by atoms with Crippen molar-refractivity contribution in [1.29, 1.82) is 0 Å². The third-order valence-corrected chi connectivity index (χ3v) is 7.51. The zero-order chi connectivity index (χ0) is 22.2. The molecule has 0 bridgehead atoms. The normalized spacial score (nSPS) is 26.7. The Hall–Kier alpha value is -2.41. The highest BCUT2D eigenvalue weighted by atomic mass is 16.2. The number of imide groups is 1. The molecule has 0 radical (unpaired) electrons. The number of benzene rings is 1. The van der Waals surface area contributed by atoms with E-state index in [1.807, 2.05) is 6.92 Å². The van der Waals surface area contributed by atoms with Gasteiger partial charge < -0.3 is 10.6 Å². The van der Waals surface area contributed by atoms with E-state index in [0.717, 1.165) is 43.7 Å². The number of urea groups is 1. The minimum absolute atomic E-state index is 0.0895. The first-order valence-electron chi connectivity index (χ1n) is 11.5. The Morgan fingerprint density at radius 2 is 1.97 bits per heavy atom. The highest BCUT2D eigenvalue weighted by Gasteiger charge is 2.55. The lowest BCUT2D eigenvalue weighted by molar-refractivity contribution is -0.137. The molecule has 1 spiro atoms. The molecule has 2 heterocycles. The van der Waals surface area contributed by atoms with Crippen LogP contribution >= 0.6 is 0 Å². The second kappa shape index (κ2) is 8.26. The van der Waals surface area contributed by atoms with E-state index in [1.54, 1.807) is 0 Å². The molecule has 7 heteroatoms. The van der Waals surface area contributed by atoms with Gasteiger partial charge in [-0.2, -0.15) is 0 Å². The molecule has 7 nitrogen and oxygen atoms in total. The third kappa shape index (κ3) is 4.07. The fraction of sp³-hybridized carbons (Fsp3) is 0.625. The molecule has 2 unspecified atom stereocenters. The number of carbonyl (C=O) groups excluding carboxylic acids is 3. The van der Waals surface area contributed by atoms with Crippen molar-refractivity contribution >= 4 is 17.8 Å². The Labute approximate surface area is 184 Å². The molecule has 1 saturated carbocycles. The Morgan fingerprint density at radius 1 is 1.23 bits per heavy atom. The summed E-state index contributed by atoms with van der Waals surface area (Å²) in [7, 11) is 0. The van der Waals surface area contributed by atoms with Crippen LogP contribution in [0.25, 0.3) is 0 Å². The first-order chi connectivity index (χ1) is 14.7. The number of hydrogen-bond acceptors (Lipinski definition) is 4. The molecule has 4 amide bonds. The number of hydrogen-bond donors (Lipinski definition) is 2. The number of rotatable bonds is 5.